The molecule has 114 valence electrons. The first-order chi connectivity index (χ1) is 9.27. The Morgan fingerprint density at radius 2 is 1.52 bits per heavy atom. The third-order valence-electron chi connectivity index (χ3n) is 2.84. The highest BCUT2D eigenvalue weighted by Crippen LogP contribution is 2.32. The van der Waals surface area contributed by atoms with Crippen LogP contribution < -0.4 is 5.73 Å². The van der Waals surface area contributed by atoms with Gasteiger partial charge in [0.05, 0.1) is 11.6 Å². The quantitative estimate of drug-likeness (QED) is 0.768. The van der Waals surface area contributed by atoms with Crippen molar-refractivity contribution < 1.29 is 17.6 Å². The molecule has 2 aromatic rings. The normalized spacial score (nSPS) is 12.7. The molecule has 0 heterocycles. The van der Waals surface area contributed by atoms with Crippen LogP contribution in [0.3, 0.4) is 0 Å². The van der Waals surface area contributed by atoms with Crippen LogP contribution in [0.4, 0.5) is 17.6 Å². The molecule has 0 aromatic heterocycles. The van der Waals surface area contributed by atoms with Crippen molar-refractivity contribution in [2.75, 3.05) is 0 Å². The molecule has 0 fully saturated rings. The highest BCUT2D eigenvalue weighted by Gasteiger charge is 2.31. The first-order valence-electron chi connectivity index (χ1n) is 5.66. The van der Waals surface area contributed by atoms with Gasteiger partial charge in [0.2, 0.25) is 0 Å². The standard InChI is InChI=1S/C14H10ClF4N.ClH/c15-11-3-1-8(2-4-11)13(20)9-5-10(14(17,18)19)7-12(16)6-9;/h1-7,13H,20H2;1H/t13-;/m0./s1. The summed E-state index contributed by atoms with van der Waals surface area (Å²) in [6.07, 6.45) is -4.61. The summed E-state index contributed by atoms with van der Waals surface area (Å²) in [6.45, 7) is 0. The fourth-order valence-electron chi connectivity index (χ4n) is 1.82. The molecule has 0 aliphatic carbocycles. The number of alkyl halides is 3. The predicted octanol–water partition coefficient (Wildman–Crippen LogP) is 4.97. The number of nitrogens with two attached hydrogens (primary N) is 1. The maximum atomic E-state index is 13.3. The molecular weight excluding hydrogens is 329 g/mol. The lowest BCUT2D eigenvalue weighted by Gasteiger charge is -2.15. The summed E-state index contributed by atoms with van der Waals surface area (Å²) in [5.74, 6) is -0.973. The van der Waals surface area contributed by atoms with Gasteiger partial charge in [-0.1, -0.05) is 23.7 Å². The average molecular weight is 340 g/mol. The fraction of sp³-hybridized carbons (Fsp3) is 0.143. The second kappa shape index (κ2) is 6.64. The molecular formula is C14H11Cl2F4N. The van der Waals surface area contributed by atoms with Gasteiger partial charge in [0.1, 0.15) is 5.82 Å². The van der Waals surface area contributed by atoms with Gasteiger partial charge < -0.3 is 5.73 Å². The smallest absolute Gasteiger partial charge is 0.320 e. The second-order valence-electron chi connectivity index (χ2n) is 4.30. The summed E-state index contributed by atoms with van der Waals surface area (Å²) in [4.78, 5) is 0. The Morgan fingerprint density at radius 3 is 2.05 bits per heavy atom. The molecule has 1 atom stereocenters. The Hall–Kier alpha value is -1.30. The third-order valence-corrected chi connectivity index (χ3v) is 3.09. The van der Waals surface area contributed by atoms with E-state index in [0.717, 1.165) is 12.1 Å². The minimum atomic E-state index is -4.61. The summed E-state index contributed by atoms with van der Waals surface area (Å²) in [5.41, 5.74) is 5.42. The molecule has 0 unspecified atom stereocenters. The first-order valence-corrected chi connectivity index (χ1v) is 6.04. The first kappa shape index (κ1) is 17.8. The van der Waals surface area contributed by atoms with E-state index in [4.69, 9.17) is 17.3 Å². The number of halogens is 6. The molecule has 2 aromatic carbocycles. The van der Waals surface area contributed by atoms with Gasteiger partial charge in [0.25, 0.3) is 0 Å². The Labute approximate surface area is 130 Å². The van der Waals surface area contributed by atoms with Gasteiger partial charge in [-0.3, -0.25) is 0 Å². The van der Waals surface area contributed by atoms with Crippen molar-refractivity contribution in [2.24, 2.45) is 5.73 Å². The minimum Gasteiger partial charge on any atom is -0.320 e. The van der Waals surface area contributed by atoms with Crippen molar-refractivity contribution in [1.29, 1.82) is 0 Å². The molecule has 0 aliphatic heterocycles. The van der Waals surface area contributed by atoms with Crippen molar-refractivity contribution in [3.8, 4) is 0 Å². The zero-order valence-electron chi connectivity index (χ0n) is 10.5. The summed E-state index contributed by atoms with van der Waals surface area (Å²) < 4.78 is 51.2. The third kappa shape index (κ3) is 4.33. The largest absolute Gasteiger partial charge is 0.416 e. The van der Waals surface area contributed by atoms with Gasteiger partial charge in [-0.05, 0) is 41.5 Å². The maximum absolute atomic E-state index is 13.3. The van der Waals surface area contributed by atoms with Gasteiger partial charge in [0, 0.05) is 5.02 Å². The maximum Gasteiger partial charge on any atom is 0.416 e. The molecule has 2 rings (SSSR count). The average Bonchev–Trinajstić information content (AvgIpc) is 2.37. The molecule has 0 bridgehead atoms. The summed E-state index contributed by atoms with van der Waals surface area (Å²) in [5, 5.41) is 0.483. The number of benzene rings is 2. The zero-order valence-corrected chi connectivity index (χ0v) is 12.1. The zero-order chi connectivity index (χ0) is 14.9. The lowest BCUT2D eigenvalue weighted by Crippen LogP contribution is -2.14. The van der Waals surface area contributed by atoms with Gasteiger partial charge in [-0.15, -0.1) is 12.4 Å². The fourth-order valence-corrected chi connectivity index (χ4v) is 1.94. The highest BCUT2D eigenvalue weighted by atomic mass is 35.5. The van der Waals surface area contributed by atoms with Crippen LogP contribution in [-0.4, -0.2) is 0 Å². The van der Waals surface area contributed by atoms with Gasteiger partial charge in [-0.25, -0.2) is 4.39 Å². The molecule has 0 saturated carbocycles. The van der Waals surface area contributed by atoms with Crippen LogP contribution >= 0.6 is 24.0 Å². The molecule has 7 heteroatoms. The number of hydrogen-bond acceptors (Lipinski definition) is 1. The molecule has 21 heavy (non-hydrogen) atoms. The summed E-state index contributed by atoms with van der Waals surface area (Å²) in [6, 6.07) is 7.75. The number of hydrogen-bond donors (Lipinski definition) is 1. The monoisotopic (exact) mass is 339 g/mol. The highest BCUT2D eigenvalue weighted by molar-refractivity contribution is 6.30. The van der Waals surface area contributed by atoms with Crippen LogP contribution in [0.25, 0.3) is 0 Å². The molecule has 2 N–H and O–H groups in total. The van der Waals surface area contributed by atoms with Crippen molar-refractivity contribution in [1.82, 2.24) is 0 Å². The van der Waals surface area contributed by atoms with E-state index < -0.39 is 23.6 Å². The number of rotatable bonds is 2. The summed E-state index contributed by atoms with van der Waals surface area (Å²) in [7, 11) is 0. The summed E-state index contributed by atoms with van der Waals surface area (Å²) >= 11 is 5.72. The van der Waals surface area contributed by atoms with Crippen molar-refractivity contribution in [3.05, 3.63) is 70.0 Å². The molecule has 0 amide bonds. The Bertz CT molecular complexity index is 611. The molecule has 0 radical (unpaired) electrons. The van der Waals surface area contributed by atoms with Crippen LogP contribution in [0.5, 0.6) is 0 Å². The van der Waals surface area contributed by atoms with E-state index in [1.807, 2.05) is 0 Å². The van der Waals surface area contributed by atoms with Crippen molar-refractivity contribution >= 4 is 24.0 Å². The Morgan fingerprint density at radius 1 is 0.952 bits per heavy atom. The van der Waals surface area contributed by atoms with Crippen LogP contribution in [-0.2, 0) is 6.18 Å². The minimum absolute atomic E-state index is 0. The topological polar surface area (TPSA) is 26.0 Å². The Kier molecular flexibility index (Phi) is 5.61. The van der Waals surface area contributed by atoms with Gasteiger partial charge in [0.15, 0.2) is 0 Å². The van der Waals surface area contributed by atoms with Crippen LogP contribution in [0.1, 0.15) is 22.7 Å². The van der Waals surface area contributed by atoms with E-state index in [9.17, 15) is 17.6 Å². The second-order valence-corrected chi connectivity index (χ2v) is 4.74. The van der Waals surface area contributed by atoms with E-state index in [1.165, 1.54) is 0 Å². The Balaban J connectivity index is 0.00000220. The van der Waals surface area contributed by atoms with Crippen LogP contribution in [0, 0.1) is 5.82 Å². The predicted molar refractivity (Wildman–Crippen MR) is 76.1 cm³/mol. The van der Waals surface area contributed by atoms with Crippen LogP contribution in [0.2, 0.25) is 5.02 Å². The van der Waals surface area contributed by atoms with Gasteiger partial charge >= 0.3 is 6.18 Å². The van der Waals surface area contributed by atoms with E-state index in [2.05, 4.69) is 0 Å². The molecule has 0 aliphatic rings. The SMILES string of the molecule is Cl.N[C@@H](c1ccc(Cl)cc1)c1cc(F)cc(C(F)(F)F)c1. The van der Waals surface area contributed by atoms with Crippen LogP contribution in [0.15, 0.2) is 42.5 Å². The van der Waals surface area contributed by atoms with E-state index in [1.54, 1.807) is 24.3 Å². The van der Waals surface area contributed by atoms with E-state index in [-0.39, 0.29) is 18.0 Å². The molecule has 0 saturated heterocycles. The molecule has 0 spiro atoms. The molecule has 1 nitrogen and oxygen atoms in total. The van der Waals surface area contributed by atoms with Crippen molar-refractivity contribution in [3.63, 3.8) is 0 Å². The van der Waals surface area contributed by atoms with E-state index >= 15 is 0 Å². The van der Waals surface area contributed by atoms with Crippen molar-refractivity contribution in [2.45, 2.75) is 12.2 Å². The van der Waals surface area contributed by atoms with E-state index in [0.29, 0.717) is 16.7 Å². The lowest BCUT2D eigenvalue weighted by atomic mass is 9.97. The lowest BCUT2D eigenvalue weighted by molar-refractivity contribution is -0.137. The van der Waals surface area contributed by atoms with Gasteiger partial charge in [-0.2, -0.15) is 13.2 Å².